The minimum Gasteiger partial charge on any atom is -0.290 e. The summed E-state index contributed by atoms with van der Waals surface area (Å²) in [6.45, 7) is -0.575. The molecule has 0 amide bonds. The number of carbonyl (C=O) groups excluding carboxylic acids is 1. The van der Waals surface area contributed by atoms with Gasteiger partial charge in [0, 0.05) is 11.4 Å². The zero-order chi connectivity index (χ0) is 24.0. The maximum absolute atomic E-state index is 13.7. The van der Waals surface area contributed by atoms with E-state index in [0.717, 1.165) is 15.9 Å². The molecule has 0 radical (unpaired) electrons. The smallest absolute Gasteiger partial charge is 0.276 e. The number of nitrogens with zero attached hydrogens (tertiary/aromatic N) is 1. The van der Waals surface area contributed by atoms with E-state index in [9.17, 15) is 14.9 Å². The number of carbonyl (C=O) groups is 1. The summed E-state index contributed by atoms with van der Waals surface area (Å²) in [6, 6.07) is 36.8. The summed E-state index contributed by atoms with van der Waals surface area (Å²) in [5.74, 6) is -0.150. The summed E-state index contributed by atoms with van der Waals surface area (Å²) in [6.07, 6.45) is 3.00. The van der Waals surface area contributed by atoms with Gasteiger partial charge in [0.2, 0.25) is 0 Å². The first-order valence-electron chi connectivity index (χ1n) is 10.9. The molecule has 0 aliphatic carbocycles. The van der Waals surface area contributed by atoms with Crippen molar-refractivity contribution in [1.29, 1.82) is 0 Å². The Bertz CT molecular complexity index is 1290. The van der Waals surface area contributed by atoms with Gasteiger partial charge in [0.15, 0.2) is 5.78 Å². The van der Waals surface area contributed by atoms with Crippen LogP contribution in [0.25, 0.3) is 6.08 Å². The number of nitro groups is 1. The van der Waals surface area contributed by atoms with E-state index in [1.807, 2.05) is 61.5 Å². The van der Waals surface area contributed by atoms with Gasteiger partial charge in [-0.25, -0.2) is 0 Å². The summed E-state index contributed by atoms with van der Waals surface area (Å²) in [5, 5.41) is 15.4. The first-order chi connectivity index (χ1) is 16.5. The van der Waals surface area contributed by atoms with Crippen molar-refractivity contribution in [3.63, 3.8) is 0 Å². The van der Waals surface area contributed by atoms with Crippen molar-refractivity contribution < 1.29 is 9.72 Å². The second-order valence-electron chi connectivity index (χ2n) is 7.78. The van der Waals surface area contributed by atoms with Crippen molar-refractivity contribution in [2.75, 3.05) is 0 Å². The van der Waals surface area contributed by atoms with E-state index in [4.69, 9.17) is 0 Å². The summed E-state index contributed by atoms with van der Waals surface area (Å²) in [5.41, 5.74) is 0.371. The number of allylic oxidation sites excluding steroid dienone is 1. The summed E-state index contributed by atoms with van der Waals surface area (Å²) in [7, 11) is 0. The molecule has 0 atom stereocenters. The molecule has 0 fully saturated rings. The molecule has 0 heterocycles. The van der Waals surface area contributed by atoms with Crippen LogP contribution in [0.1, 0.15) is 12.5 Å². The van der Waals surface area contributed by atoms with Crippen LogP contribution < -0.4 is 15.9 Å². The van der Waals surface area contributed by atoms with E-state index in [2.05, 4.69) is 36.4 Å². The van der Waals surface area contributed by atoms with Gasteiger partial charge < -0.3 is 0 Å². The van der Waals surface area contributed by atoms with Gasteiger partial charge in [0.25, 0.3) is 5.69 Å². The Morgan fingerprint density at radius 3 is 1.56 bits per heavy atom. The molecule has 4 nitrogen and oxygen atoms in total. The summed E-state index contributed by atoms with van der Waals surface area (Å²) < 4.78 is 0. The number of para-hydroxylation sites is 1. The van der Waals surface area contributed by atoms with Crippen LogP contribution in [0, 0.1) is 10.1 Å². The van der Waals surface area contributed by atoms with Crippen LogP contribution in [-0.2, 0) is 4.79 Å². The monoisotopic (exact) mass is 465 g/mol. The molecule has 4 aromatic rings. The number of nitro benzene ring substituents is 1. The largest absolute Gasteiger partial charge is 0.290 e. The SMILES string of the molecule is CC(C(=O)/C=C/c1ccccc1[N+](=O)[O-])=P(c1ccccc1)(c1ccccc1)c1ccccc1. The summed E-state index contributed by atoms with van der Waals surface area (Å²) >= 11 is 0. The van der Waals surface area contributed by atoms with Gasteiger partial charge in [-0.05, 0) is 47.9 Å². The molecule has 0 aliphatic heterocycles. The molecule has 0 bridgehead atoms. The first kappa shape index (κ1) is 23.2. The lowest BCUT2D eigenvalue weighted by molar-refractivity contribution is -0.385. The standard InChI is InChI=1S/C29H24NO3P/c1-23(29(31)22-21-24-13-11-12-20-28(24)30(32)33)34(25-14-5-2-6-15-25,26-16-7-3-8-17-26)27-18-9-4-10-19-27/h2-22H,1H3/b22-21+. The van der Waals surface area contributed by atoms with Crippen LogP contribution in [0.4, 0.5) is 5.69 Å². The van der Waals surface area contributed by atoms with E-state index in [1.165, 1.54) is 12.1 Å². The molecule has 34 heavy (non-hydrogen) atoms. The second kappa shape index (κ2) is 10.3. The molecule has 0 spiro atoms. The van der Waals surface area contributed by atoms with Gasteiger partial charge in [-0.3, -0.25) is 14.9 Å². The van der Waals surface area contributed by atoms with E-state index in [-0.39, 0.29) is 11.5 Å². The Morgan fingerprint density at radius 1 is 0.706 bits per heavy atom. The minimum absolute atomic E-state index is 0.0283. The average Bonchev–Trinajstić information content (AvgIpc) is 2.89. The van der Waals surface area contributed by atoms with E-state index in [1.54, 1.807) is 24.3 Å². The predicted octanol–water partition coefficient (Wildman–Crippen LogP) is 5.36. The van der Waals surface area contributed by atoms with Crippen molar-refractivity contribution in [2.45, 2.75) is 6.92 Å². The minimum atomic E-state index is -2.47. The lowest BCUT2D eigenvalue weighted by atomic mass is 10.1. The zero-order valence-electron chi connectivity index (χ0n) is 18.7. The third kappa shape index (κ3) is 4.41. The third-order valence-electron chi connectivity index (χ3n) is 5.84. The number of rotatable bonds is 7. The molecule has 0 N–H and O–H groups in total. The van der Waals surface area contributed by atoms with Crippen LogP contribution in [0.2, 0.25) is 0 Å². The Balaban J connectivity index is 1.99. The third-order valence-corrected chi connectivity index (χ3v) is 10.3. The van der Waals surface area contributed by atoms with E-state index >= 15 is 0 Å². The molecule has 0 saturated carbocycles. The Morgan fingerprint density at radius 2 is 1.12 bits per heavy atom. The van der Waals surface area contributed by atoms with Crippen LogP contribution in [-0.4, -0.2) is 16.0 Å². The van der Waals surface area contributed by atoms with E-state index in [0.29, 0.717) is 10.9 Å². The van der Waals surface area contributed by atoms with Gasteiger partial charge in [0.05, 0.1) is 10.5 Å². The molecule has 0 unspecified atom stereocenters. The van der Waals surface area contributed by atoms with Gasteiger partial charge >= 0.3 is 0 Å². The molecular weight excluding hydrogens is 441 g/mol. The lowest BCUT2D eigenvalue weighted by Crippen LogP contribution is -2.31. The van der Waals surface area contributed by atoms with Crippen molar-refractivity contribution in [3.8, 4) is 0 Å². The normalized spacial score (nSPS) is 11.3. The summed E-state index contributed by atoms with van der Waals surface area (Å²) in [4.78, 5) is 24.7. The number of hydrogen-bond acceptors (Lipinski definition) is 3. The van der Waals surface area contributed by atoms with Crippen LogP contribution in [0.15, 0.2) is 121 Å². The van der Waals surface area contributed by atoms with Crippen LogP contribution in [0.3, 0.4) is 0 Å². The molecule has 0 aliphatic rings. The maximum Gasteiger partial charge on any atom is 0.276 e. The second-order valence-corrected chi connectivity index (χ2v) is 11.3. The highest BCUT2D eigenvalue weighted by Crippen LogP contribution is 2.46. The van der Waals surface area contributed by atoms with Gasteiger partial charge in [-0.1, -0.05) is 103 Å². The quantitative estimate of drug-likeness (QED) is 0.160. The fourth-order valence-corrected chi connectivity index (χ4v) is 8.55. The number of benzene rings is 4. The predicted molar refractivity (Wildman–Crippen MR) is 143 cm³/mol. The molecule has 0 saturated heterocycles. The number of hydrogen-bond donors (Lipinski definition) is 0. The van der Waals surface area contributed by atoms with Crippen molar-refractivity contribution >= 4 is 45.6 Å². The highest BCUT2D eigenvalue weighted by atomic mass is 31.2. The maximum atomic E-state index is 13.7. The van der Waals surface area contributed by atoms with Crippen LogP contribution in [0.5, 0.6) is 0 Å². The molecule has 5 heteroatoms. The van der Waals surface area contributed by atoms with Gasteiger partial charge in [-0.15, -0.1) is 0 Å². The number of ketones is 1. The fourth-order valence-electron chi connectivity index (χ4n) is 4.23. The Labute approximate surface area is 199 Å². The topological polar surface area (TPSA) is 60.2 Å². The molecule has 4 rings (SSSR count). The molecule has 0 aromatic heterocycles. The van der Waals surface area contributed by atoms with E-state index < -0.39 is 11.8 Å². The Kier molecular flexibility index (Phi) is 7.01. The first-order valence-corrected chi connectivity index (χ1v) is 12.7. The lowest BCUT2D eigenvalue weighted by Gasteiger charge is -2.31. The zero-order valence-corrected chi connectivity index (χ0v) is 19.6. The average molecular weight is 465 g/mol. The highest BCUT2D eigenvalue weighted by Gasteiger charge is 2.30. The van der Waals surface area contributed by atoms with Gasteiger partial charge in [0.1, 0.15) is 0 Å². The highest BCUT2D eigenvalue weighted by molar-refractivity contribution is 7.96. The molecule has 4 aromatic carbocycles. The fraction of sp³-hybridized carbons (Fsp3) is 0.0345. The van der Waals surface area contributed by atoms with Crippen molar-refractivity contribution in [2.24, 2.45) is 0 Å². The van der Waals surface area contributed by atoms with Crippen LogP contribution >= 0.6 is 6.89 Å². The van der Waals surface area contributed by atoms with Gasteiger partial charge in [-0.2, -0.15) is 0 Å². The molecular formula is C29H24NO3P. The Hall–Kier alpha value is -4.01. The molecule has 168 valence electrons. The van der Waals surface area contributed by atoms with Crippen molar-refractivity contribution in [1.82, 2.24) is 0 Å². The van der Waals surface area contributed by atoms with Crippen molar-refractivity contribution in [3.05, 3.63) is 137 Å².